The highest BCUT2D eigenvalue weighted by molar-refractivity contribution is 7.92. The summed E-state index contributed by atoms with van der Waals surface area (Å²) in [5, 5.41) is 5.33. The maximum absolute atomic E-state index is 12.9. The number of anilines is 3. The van der Waals surface area contributed by atoms with Crippen molar-refractivity contribution >= 4 is 38.9 Å². The van der Waals surface area contributed by atoms with E-state index in [2.05, 4.69) is 15.4 Å². The van der Waals surface area contributed by atoms with Gasteiger partial charge in [0.1, 0.15) is 0 Å². The van der Waals surface area contributed by atoms with E-state index in [1.165, 1.54) is 13.0 Å². The van der Waals surface area contributed by atoms with Crippen molar-refractivity contribution in [3.63, 3.8) is 0 Å². The van der Waals surface area contributed by atoms with Crippen LogP contribution in [0.1, 0.15) is 28.4 Å². The lowest BCUT2D eigenvalue weighted by Crippen LogP contribution is -2.16. The number of benzene rings is 3. The monoisotopic (exact) mass is 437 g/mol. The Morgan fingerprint density at radius 3 is 2.16 bits per heavy atom. The number of hydrogen-bond acceptors (Lipinski definition) is 4. The molecule has 0 radical (unpaired) electrons. The van der Waals surface area contributed by atoms with Crippen LogP contribution >= 0.6 is 0 Å². The summed E-state index contributed by atoms with van der Waals surface area (Å²) in [6.45, 7) is 4.94. The lowest BCUT2D eigenvalue weighted by molar-refractivity contribution is -0.114. The quantitative estimate of drug-likeness (QED) is 0.534. The maximum atomic E-state index is 12.9. The Balaban J connectivity index is 1.84. The number of carbonyl (C=O) groups excluding carboxylic acids is 2. The average molecular weight is 438 g/mol. The van der Waals surface area contributed by atoms with E-state index >= 15 is 0 Å². The Morgan fingerprint density at radius 2 is 1.45 bits per heavy atom. The molecule has 0 aliphatic heterocycles. The van der Waals surface area contributed by atoms with Gasteiger partial charge < -0.3 is 10.6 Å². The van der Waals surface area contributed by atoms with Crippen molar-refractivity contribution in [3.05, 3.63) is 83.4 Å². The second-order valence-corrected chi connectivity index (χ2v) is 8.82. The Hall–Kier alpha value is -3.65. The van der Waals surface area contributed by atoms with Crippen LogP contribution in [0.15, 0.2) is 71.6 Å². The van der Waals surface area contributed by atoms with Gasteiger partial charge >= 0.3 is 0 Å². The first-order valence-electron chi connectivity index (χ1n) is 9.53. The first kappa shape index (κ1) is 22.0. The topological polar surface area (TPSA) is 104 Å². The van der Waals surface area contributed by atoms with Gasteiger partial charge in [0, 0.05) is 29.5 Å². The Morgan fingerprint density at radius 1 is 0.774 bits per heavy atom. The highest BCUT2D eigenvalue weighted by Crippen LogP contribution is 2.24. The van der Waals surface area contributed by atoms with Crippen molar-refractivity contribution in [1.29, 1.82) is 0 Å². The Bertz CT molecular complexity index is 1250. The van der Waals surface area contributed by atoms with E-state index in [1.54, 1.807) is 61.5 Å². The molecule has 3 N–H and O–H groups in total. The highest BCUT2D eigenvalue weighted by atomic mass is 32.2. The average Bonchev–Trinajstić information content (AvgIpc) is 2.68. The minimum absolute atomic E-state index is 0.0683. The van der Waals surface area contributed by atoms with Crippen LogP contribution in [0, 0.1) is 13.8 Å². The van der Waals surface area contributed by atoms with Crippen LogP contribution in [0.2, 0.25) is 0 Å². The van der Waals surface area contributed by atoms with Crippen molar-refractivity contribution in [2.75, 3.05) is 15.4 Å². The number of sulfonamides is 1. The van der Waals surface area contributed by atoms with Crippen LogP contribution in [-0.4, -0.2) is 20.2 Å². The fourth-order valence-corrected chi connectivity index (χ4v) is 4.35. The van der Waals surface area contributed by atoms with Gasteiger partial charge in [-0.3, -0.25) is 14.3 Å². The van der Waals surface area contributed by atoms with Crippen LogP contribution in [-0.2, 0) is 14.8 Å². The number of amides is 2. The summed E-state index contributed by atoms with van der Waals surface area (Å²) in [7, 11) is -3.85. The van der Waals surface area contributed by atoms with Crippen LogP contribution in [0.4, 0.5) is 17.1 Å². The third kappa shape index (κ3) is 5.70. The summed E-state index contributed by atoms with van der Waals surface area (Å²) < 4.78 is 28.4. The molecule has 0 atom stereocenters. The zero-order valence-electron chi connectivity index (χ0n) is 17.4. The second kappa shape index (κ2) is 9.01. The summed E-state index contributed by atoms with van der Waals surface area (Å²) in [6.07, 6.45) is 0. The molecule has 0 aromatic heterocycles. The van der Waals surface area contributed by atoms with E-state index in [0.29, 0.717) is 28.2 Å². The fraction of sp³-hybridized carbons (Fsp3) is 0.130. The normalized spacial score (nSPS) is 10.9. The van der Waals surface area contributed by atoms with Gasteiger partial charge in [-0.25, -0.2) is 8.42 Å². The van der Waals surface area contributed by atoms with E-state index in [9.17, 15) is 18.0 Å². The van der Waals surface area contributed by atoms with Gasteiger partial charge in [0.15, 0.2) is 0 Å². The van der Waals surface area contributed by atoms with Gasteiger partial charge in [0.2, 0.25) is 5.91 Å². The van der Waals surface area contributed by atoms with Crippen molar-refractivity contribution in [1.82, 2.24) is 0 Å². The molecular weight excluding hydrogens is 414 g/mol. The summed E-state index contributed by atoms with van der Waals surface area (Å²) in [6, 6.07) is 18.2. The molecule has 8 heteroatoms. The molecule has 0 saturated carbocycles. The van der Waals surface area contributed by atoms with Crippen molar-refractivity contribution in [2.45, 2.75) is 25.7 Å². The van der Waals surface area contributed by atoms with Gasteiger partial charge in [-0.15, -0.1) is 0 Å². The molecule has 0 saturated heterocycles. The van der Waals surface area contributed by atoms with Crippen LogP contribution < -0.4 is 15.4 Å². The molecule has 0 bridgehead atoms. The van der Waals surface area contributed by atoms with Crippen LogP contribution in [0.5, 0.6) is 0 Å². The summed E-state index contributed by atoms with van der Waals surface area (Å²) in [5.74, 6) is -0.668. The molecule has 0 aliphatic rings. The zero-order valence-corrected chi connectivity index (χ0v) is 18.2. The summed E-state index contributed by atoms with van der Waals surface area (Å²) in [5.41, 5.74) is 3.10. The molecule has 2 amide bonds. The van der Waals surface area contributed by atoms with E-state index in [4.69, 9.17) is 0 Å². The SMILES string of the molecule is CC(=O)Nc1cccc(C(=O)Nc2ccc(C)c(S(=O)(=O)Nc3cccc(C)c3)c2)c1. The third-order valence-electron chi connectivity index (χ3n) is 4.45. The number of hydrogen-bond donors (Lipinski definition) is 3. The molecule has 160 valence electrons. The molecule has 3 rings (SSSR count). The van der Waals surface area contributed by atoms with Crippen LogP contribution in [0.3, 0.4) is 0 Å². The molecule has 7 nitrogen and oxygen atoms in total. The summed E-state index contributed by atoms with van der Waals surface area (Å²) >= 11 is 0. The molecule has 0 aliphatic carbocycles. The van der Waals surface area contributed by atoms with Gasteiger partial charge in [-0.05, 0) is 67.4 Å². The van der Waals surface area contributed by atoms with Crippen molar-refractivity contribution in [3.8, 4) is 0 Å². The largest absolute Gasteiger partial charge is 0.326 e. The first-order valence-corrected chi connectivity index (χ1v) is 11.0. The molecular formula is C23H23N3O4S. The molecule has 0 spiro atoms. The highest BCUT2D eigenvalue weighted by Gasteiger charge is 2.18. The van der Waals surface area contributed by atoms with E-state index < -0.39 is 15.9 Å². The fourth-order valence-electron chi connectivity index (χ4n) is 3.03. The molecule has 0 fully saturated rings. The smallest absolute Gasteiger partial charge is 0.262 e. The van der Waals surface area contributed by atoms with Gasteiger partial charge in [0.05, 0.1) is 4.90 Å². The van der Waals surface area contributed by atoms with E-state index in [-0.39, 0.29) is 10.8 Å². The lowest BCUT2D eigenvalue weighted by atomic mass is 10.1. The first-order chi connectivity index (χ1) is 14.6. The van der Waals surface area contributed by atoms with E-state index in [0.717, 1.165) is 5.56 Å². The van der Waals surface area contributed by atoms with E-state index in [1.807, 2.05) is 13.0 Å². The van der Waals surface area contributed by atoms with Gasteiger partial charge in [0.25, 0.3) is 15.9 Å². The predicted octanol–water partition coefficient (Wildman–Crippen LogP) is 4.31. The maximum Gasteiger partial charge on any atom is 0.262 e. The second-order valence-electron chi connectivity index (χ2n) is 7.17. The molecule has 0 heterocycles. The van der Waals surface area contributed by atoms with Gasteiger partial charge in [-0.2, -0.15) is 0 Å². The third-order valence-corrected chi connectivity index (χ3v) is 5.97. The number of nitrogens with one attached hydrogen (secondary N) is 3. The van der Waals surface area contributed by atoms with Gasteiger partial charge in [-0.1, -0.05) is 24.3 Å². The zero-order chi connectivity index (χ0) is 22.6. The minimum atomic E-state index is -3.85. The summed E-state index contributed by atoms with van der Waals surface area (Å²) in [4.78, 5) is 23.9. The predicted molar refractivity (Wildman–Crippen MR) is 122 cm³/mol. The number of carbonyl (C=O) groups is 2. The van der Waals surface area contributed by atoms with Crippen LogP contribution in [0.25, 0.3) is 0 Å². The van der Waals surface area contributed by atoms with Crippen molar-refractivity contribution < 1.29 is 18.0 Å². The van der Waals surface area contributed by atoms with Crippen molar-refractivity contribution in [2.24, 2.45) is 0 Å². The minimum Gasteiger partial charge on any atom is -0.326 e. The molecule has 3 aromatic rings. The lowest BCUT2D eigenvalue weighted by Gasteiger charge is -2.13. The number of rotatable bonds is 6. The Kier molecular flexibility index (Phi) is 6.41. The molecule has 31 heavy (non-hydrogen) atoms. The molecule has 3 aromatic carbocycles. The standard InChI is InChI=1S/C23H23N3O4S/c1-15-6-4-9-21(12-15)26-31(29,30)22-14-20(11-10-16(22)2)25-23(28)18-7-5-8-19(13-18)24-17(3)27/h4-14,26H,1-3H3,(H,24,27)(H,25,28). The molecule has 0 unspecified atom stereocenters. The Labute approximate surface area is 181 Å². The number of aryl methyl sites for hydroxylation is 2.